The number of benzene rings is 2. The van der Waals surface area contributed by atoms with E-state index in [9.17, 15) is 0 Å². The molecule has 126 valence electrons. The van der Waals surface area contributed by atoms with Crippen LogP contribution in [-0.4, -0.2) is 14.1 Å². The van der Waals surface area contributed by atoms with Crippen molar-refractivity contribution in [2.45, 2.75) is 37.5 Å². The van der Waals surface area contributed by atoms with Crippen molar-refractivity contribution in [2.24, 2.45) is 11.5 Å². The molecule has 0 atom stereocenters. The van der Waals surface area contributed by atoms with E-state index in [0.717, 1.165) is 0 Å². The highest BCUT2D eigenvalue weighted by molar-refractivity contribution is 8.76. The van der Waals surface area contributed by atoms with Crippen LogP contribution in [0.2, 0.25) is 0 Å². The monoisotopic (exact) mass is 340 g/mol. The van der Waals surface area contributed by atoms with Crippen molar-refractivity contribution in [3.8, 4) is 0 Å². The third-order valence-corrected chi connectivity index (χ3v) is 4.14. The summed E-state index contributed by atoms with van der Waals surface area (Å²) in [5, 5.41) is 0. The van der Waals surface area contributed by atoms with Crippen molar-refractivity contribution in [3.05, 3.63) is 60.7 Å². The molecule has 0 aliphatic rings. The van der Waals surface area contributed by atoms with Crippen LogP contribution in [0.3, 0.4) is 0 Å². The molecule has 0 heterocycles. The molecule has 2 aromatic carbocycles. The molecule has 22 heavy (non-hydrogen) atoms. The maximum absolute atomic E-state index is 4.50. The molecule has 0 bridgehead atoms. The maximum atomic E-state index is 4.50. The second kappa shape index (κ2) is 25.0. The van der Waals surface area contributed by atoms with E-state index in [2.05, 4.69) is 60.0 Å². The van der Waals surface area contributed by atoms with Crippen molar-refractivity contribution < 1.29 is 0 Å². The van der Waals surface area contributed by atoms with Crippen molar-refractivity contribution in [1.82, 2.24) is 0 Å². The molecule has 2 aromatic rings. The van der Waals surface area contributed by atoms with E-state index >= 15 is 0 Å². The average molecular weight is 341 g/mol. The van der Waals surface area contributed by atoms with Gasteiger partial charge >= 0.3 is 0 Å². The third kappa shape index (κ3) is 15.4. The van der Waals surface area contributed by atoms with Gasteiger partial charge in [-0.15, -0.1) is 0 Å². The highest BCUT2D eigenvalue weighted by Gasteiger charge is 1.94. The first-order valence-corrected chi connectivity index (χ1v) is 9.70. The molecule has 4 heteroatoms. The van der Waals surface area contributed by atoms with Gasteiger partial charge in [-0.3, -0.25) is 0 Å². The summed E-state index contributed by atoms with van der Waals surface area (Å²) in [5.41, 5.74) is 9.00. The van der Waals surface area contributed by atoms with Gasteiger partial charge in [0, 0.05) is 9.79 Å². The molecule has 0 aliphatic carbocycles. The Kier molecular flexibility index (Phi) is 29.6. The fraction of sp³-hybridized carbons (Fsp3) is 0.333. The fourth-order valence-electron chi connectivity index (χ4n) is 1.05. The number of hydrogen-bond acceptors (Lipinski definition) is 4. The Morgan fingerprint density at radius 3 is 0.955 bits per heavy atom. The predicted octanol–water partition coefficient (Wildman–Crippen LogP) is 5.69. The number of hydrogen-bond donors (Lipinski definition) is 2. The van der Waals surface area contributed by atoms with Gasteiger partial charge in [-0.2, -0.15) is 0 Å². The van der Waals surface area contributed by atoms with Crippen molar-refractivity contribution in [3.63, 3.8) is 0 Å². The normalized spacial score (nSPS) is 7.45. The topological polar surface area (TPSA) is 52.0 Å². The van der Waals surface area contributed by atoms with Crippen LogP contribution in [0.25, 0.3) is 0 Å². The van der Waals surface area contributed by atoms with E-state index in [1.807, 2.05) is 39.8 Å². The lowest BCUT2D eigenvalue weighted by atomic mass is 10.4. The van der Waals surface area contributed by atoms with E-state index in [4.69, 9.17) is 0 Å². The first-order chi connectivity index (χ1) is 10.9. The lowest BCUT2D eigenvalue weighted by Crippen LogP contribution is -1.69. The second-order valence-corrected chi connectivity index (χ2v) is 5.07. The van der Waals surface area contributed by atoms with E-state index in [0.29, 0.717) is 0 Å². The number of rotatable bonds is 3. The molecule has 0 amide bonds. The van der Waals surface area contributed by atoms with Gasteiger partial charge in [0.15, 0.2) is 0 Å². The van der Waals surface area contributed by atoms with Gasteiger partial charge in [0.1, 0.15) is 0 Å². The molecule has 0 fully saturated rings. The summed E-state index contributed by atoms with van der Waals surface area (Å²) in [6, 6.07) is 20.8. The third-order valence-electron chi connectivity index (χ3n) is 1.72. The van der Waals surface area contributed by atoms with E-state index in [-0.39, 0.29) is 0 Å². The fourth-order valence-corrected chi connectivity index (χ4v) is 3.02. The Labute approximate surface area is 145 Å². The molecule has 2 nitrogen and oxygen atoms in total. The van der Waals surface area contributed by atoms with Crippen LogP contribution in [-0.2, 0) is 0 Å². The summed E-state index contributed by atoms with van der Waals surface area (Å²) in [6.07, 6.45) is 0. The lowest BCUT2D eigenvalue weighted by Gasteiger charge is -1.99. The van der Waals surface area contributed by atoms with Crippen molar-refractivity contribution in [2.75, 3.05) is 14.1 Å². The molecular formula is C18H32N2S2. The molecule has 0 unspecified atom stereocenters. The summed E-state index contributed by atoms with van der Waals surface area (Å²) in [4.78, 5) is 2.59. The van der Waals surface area contributed by atoms with Gasteiger partial charge < -0.3 is 11.5 Å². The summed E-state index contributed by atoms with van der Waals surface area (Å²) in [5.74, 6) is 0. The molecule has 2 rings (SSSR count). The smallest absolute Gasteiger partial charge is 0.0186 e. The Morgan fingerprint density at radius 2 is 0.727 bits per heavy atom. The lowest BCUT2D eigenvalue weighted by molar-refractivity contribution is 1.47. The van der Waals surface area contributed by atoms with Crippen molar-refractivity contribution in [1.29, 1.82) is 0 Å². The molecular weight excluding hydrogens is 308 g/mol. The average Bonchev–Trinajstić information content (AvgIpc) is 2.68. The van der Waals surface area contributed by atoms with Gasteiger partial charge in [0.2, 0.25) is 0 Å². The van der Waals surface area contributed by atoms with Crippen LogP contribution >= 0.6 is 21.6 Å². The first kappa shape index (κ1) is 26.0. The van der Waals surface area contributed by atoms with E-state index in [1.165, 1.54) is 23.9 Å². The molecule has 0 radical (unpaired) electrons. The van der Waals surface area contributed by atoms with Gasteiger partial charge in [-0.1, -0.05) is 85.7 Å². The molecule has 0 saturated carbocycles. The summed E-state index contributed by atoms with van der Waals surface area (Å²) >= 11 is 0. The first-order valence-electron chi connectivity index (χ1n) is 7.55. The van der Waals surface area contributed by atoms with Crippen LogP contribution < -0.4 is 11.5 Å². The Hall–Kier alpha value is -0.940. The Bertz CT molecular complexity index is 341. The molecule has 0 spiro atoms. The van der Waals surface area contributed by atoms with E-state index < -0.39 is 0 Å². The highest BCUT2D eigenvalue weighted by Crippen LogP contribution is 2.36. The van der Waals surface area contributed by atoms with Crippen LogP contribution in [0.1, 0.15) is 27.7 Å². The quantitative estimate of drug-likeness (QED) is 0.705. The standard InChI is InChI=1S/C12H10S2.2C2H6.2CH5N/c1-3-7-11(8-4-1)13-14-12-9-5-2-6-10-12;4*1-2/h1-10H;2*1-2H3;2*2H2,1H3. The summed E-state index contributed by atoms with van der Waals surface area (Å²) < 4.78 is 0. The maximum Gasteiger partial charge on any atom is 0.0186 e. The van der Waals surface area contributed by atoms with Crippen LogP contribution in [0.4, 0.5) is 0 Å². The van der Waals surface area contributed by atoms with Crippen molar-refractivity contribution >= 4 is 21.6 Å². The van der Waals surface area contributed by atoms with Crippen LogP contribution in [0.15, 0.2) is 70.5 Å². The minimum Gasteiger partial charge on any atom is -0.333 e. The Balaban J connectivity index is -0.000000394. The highest BCUT2D eigenvalue weighted by atomic mass is 33.1. The molecule has 0 aliphatic heterocycles. The minimum atomic E-state index is 1.29. The van der Waals surface area contributed by atoms with Gasteiger partial charge in [-0.05, 0) is 38.4 Å². The van der Waals surface area contributed by atoms with Crippen LogP contribution in [0, 0.1) is 0 Å². The summed E-state index contributed by atoms with van der Waals surface area (Å²) in [6.45, 7) is 8.00. The number of nitrogens with two attached hydrogens (primary N) is 2. The van der Waals surface area contributed by atoms with Gasteiger partial charge in [-0.25, -0.2) is 0 Å². The van der Waals surface area contributed by atoms with Gasteiger partial charge in [0.05, 0.1) is 0 Å². The second-order valence-electron chi connectivity index (χ2n) is 2.79. The zero-order valence-corrected chi connectivity index (χ0v) is 16.4. The Morgan fingerprint density at radius 1 is 0.500 bits per heavy atom. The van der Waals surface area contributed by atoms with Gasteiger partial charge in [0.25, 0.3) is 0 Å². The zero-order valence-electron chi connectivity index (χ0n) is 14.7. The van der Waals surface area contributed by atoms with Crippen LogP contribution in [0.5, 0.6) is 0 Å². The predicted molar refractivity (Wildman–Crippen MR) is 108 cm³/mol. The largest absolute Gasteiger partial charge is 0.333 e. The molecule has 4 N–H and O–H groups in total. The molecule has 0 saturated heterocycles. The minimum absolute atomic E-state index is 1.29. The SMILES string of the molecule is CC.CC.CN.CN.c1ccc(SSc2ccccc2)cc1. The summed E-state index contributed by atoms with van der Waals surface area (Å²) in [7, 11) is 6.58. The van der Waals surface area contributed by atoms with E-state index in [1.54, 1.807) is 21.6 Å². The zero-order chi connectivity index (χ0) is 17.6. The molecule has 0 aromatic heterocycles.